The number of halogens is 2. The second kappa shape index (κ2) is 10.8. The van der Waals surface area contributed by atoms with Crippen LogP contribution >= 0.6 is 45.5 Å². The van der Waals surface area contributed by atoms with E-state index in [2.05, 4.69) is 43.4 Å². The smallest absolute Gasteiger partial charge is 0.271 e. The minimum atomic E-state index is -0.288. The molecule has 0 aliphatic rings. The molecule has 0 fully saturated rings. The number of nitrogens with zero attached hydrogens (tertiary/aromatic N) is 2. The molecule has 1 heterocycles. The Bertz CT molecular complexity index is 1290. The molecule has 1 aromatic heterocycles. The Balaban J connectivity index is 1.36. The van der Waals surface area contributed by atoms with Gasteiger partial charge in [0.1, 0.15) is 5.75 Å². The zero-order valence-electron chi connectivity index (χ0n) is 17.4. The number of rotatable bonds is 7. The maximum atomic E-state index is 12.4. The highest BCUT2D eigenvalue weighted by atomic mass is 127. The summed E-state index contributed by atoms with van der Waals surface area (Å²) in [5.74, 6) is 0.509. The van der Waals surface area contributed by atoms with Crippen molar-refractivity contribution in [2.75, 3.05) is 12.4 Å². The molecule has 6 nitrogen and oxygen atoms in total. The average Bonchev–Trinajstić information content (AvgIpc) is 3.29. The summed E-state index contributed by atoms with van der Waals surface area (Å²) in [6.07, 6.45) is 1.60. The summed E-state index contributed by atoms with van der Waals surface area (Å²) in [6, 6.07) is 20.3. The van der Waals surface area contributed by atoms with Crippen molar-refractivity contribution in [3.63, 3.8) is 0 Å². The van der Waals surface area contributed by atoms with Crippen molar-refractivity contribution < 1.29 is 9.53 Å². The first-order valence-corrected chi connectivity index (χ1v) is 12.1. The molecule has 4 aromatic rings. The number of hydrogen-bond donors (Lipinski definition) is 2. The fraction of sp³-hybridized carbons (Fsp3) is 0.0417. The van der Waals surface area contributed by atoms with E-state index in [9.17, 15) is 4.79 Å². The number of benzene rings is 3. The van der Waals surface area contributed by atoms with Crippen molar-refractivity contribution in [3.8, 4) is 17.0 Å². The molecule has 0 saturated carbocycles. The second-order valence-electron chi connectivity index (χ2n) is 6.84. The third-order valence-corrected chi connectivity index (χ3v) is 6.45. The second-order valence-corrected chi connectivity index (χ2v) is 9.30. The van der Waals surface area contributed by atoms with E-state index in [4.69, 9.17) is 16.3 Å². The standard InChI is InChI=1S/C24H18ClIN4O2S/c1-32-22-11-2-15(12-20(22)26)13-27-30-23(31)17-5-3-16(4-6-17)21-14-33-24(29-21)28-19-9-7-18(25)8-10-19/h2-14H,1H3,(H,28,29)(H,30,31)/b27-13-. The molecule has 4 rings (SSSR count). The van der Waals surface area contributed by atoms with E-state index in [1.807, 2.05) is 60.0 Å². The number of hydrogen-bond acceptors (Lipinski definition) is 6. The highest BCUT2D eigenvalue weighted by Crippen LogP contribution is 2.28. The number of carbonyl (C=O) groups excluding carboxylic acids is 1. The average molecular weight is 589 g/mol. The van der Waals surface area contributed by atoms with Gasteiger partial charge in [0, 0.05) is 27.2 Å². The van der Waals surface area contributed by atoms with Crippen LogP contribution in [0.3, 0.4) is 0 Å². The Morgan fingerprint density at radius 3 is 2.58 bits per heavy atom. The van der Waals surface area contributed by atoms with Crippen molar-refractivity contribution in [3.05, 3.63) is 91.8 Å². The Morgan fingerprint density at radius 1 is 1.12 bits per heavy atom. The molecular formula is C24H18ClIN4O2S. The monoisotopic (exact) mass is 588 g/mol. The van der Waals surface area contributed by atoms with Gasteiger partial charge in [0.25, 0.3) is 5.91 Å². The van der Waals surface area contributed by atoms with Crippen LogP contribution in [-0.4, -0.2) is 24.2 Å². The quantitative estimate of drug-likeness (QED) is 0.145. The minimum Gasteiger partial charge on any atom is -0.496 e. The van der Waals surface area contributed by atoms with E-state index in [0.29, 0.717) is 10.6 Å². The summed E-state index contributed by atoms with van der Waals surface area (Å²) < 4.78 is 6.21. The van der Waals surface area contributed by atoms with Gasteiger partial charge in [-0.3, -0.25) is 4.79 Å². The van der Waals surface area contributed by atoms with E-state index < -0.39 is 0 Å². The summed E-state index contributed by atoms with van der Waals surface area (Å²) in [5, 5.41) is 10.7. The number of aromatic nitrogens is 1. The van der Waals surface area contributed by atoms with Crippen LogP contribution in [0.25, 0.3) is 11.3 Å². The fourth-order valence-corrected chi connectivity index (χ4v) is 4.53. The molecule has 0 radical (unpaired) electrons. The molecule has 0 atom stereocenters. The van der Waals surface area contributed by atoms with E-state index in [1.165, 1.54) is 11.3 Å². The van der Waals surface area contributed by atoms with Crippen LogP contribution in [0.15, 0.2) is 77.2 Å². The molecule has 0 aliphatic carbocycles. The summed E-state index contributed by atoms with van der Waals surface area (Å²) in [4.78, 5) is 17.0. The van der Waals surface area contributed by atoms with Gasteiger partial charge in [0.15, 0.2) is 5.13 Å². The van der Waals surface area contributed by atoms with Gasteiger partial charge >= 0.3 is 0 Å². The Kier molecular flexibility index (Phi) is 7.58. The van der Waals surface area contributed by atoms with E-state index in [1.54, 1.807) is 25.5 Å². The van der Waals surface area contributed by atoms with Crippen LogP contribution in [0, 0.1) is 3.57 Å². The van der Waals surface area contributed by atoms with Gasteiger partial charge in [-0.2, -0.15) is 5.10 Å². The highest BCUT2D eigenvalue weighted by Gasteiger charge is 2.08. The molecule has 166 valence electrons. The topological polar surface area (TPSA) is 75.6 Å². The summed E-state index contributed by atoms with van der Waals surface area (Å²) >= 11 is 9.62. The number of methoxy groups -OCH3 is 1. The summed E-state index contributed by atoms with van der Waals surface area (Å²) in [6.45, 7) is 0. The van der Waals surface area contributed by atoms with Gasteiger partial charge in [-0.15, -0.1) is 11.3 Å². The molecule has 9 heteroatoms. The van der Waals surface area contributed by atoms with Crippen molar-refractivity contribution >= 4 is 68.5 Å². The maximum Gasteiger partial charge on any atom is 0.271 e. The number of ether oxygens (including phenoxy) is 1. The predicted octanol–water partition coefficient (Wildman–Crippen LogP) is 6.58. The lowest BCUT2D eigenvalue weighted by Crippen LogP contribution is -2.17. The van der Waals surface area contributed by atoms with Gasteiger partial charge in [-0.1, -0.05) is 23.7 Å². The molecule has 2 N–H and O–H groups in total. The van der Waals surface area contributed by atoms with Crippen LogP contribution in [0.1, 0.15) is 15.9 Å². The van der Waals surface area contributed by atoms with Crippen LogP contribution < -0.4 is 15.5 Å². The SMILES string of the molecule is COc1ccc(/C=N\NC(=O)c2ccc(-c3csc(Nc4ccc(Cl)cc4)n3)cc2)cc1I. The fourth-order valence-electron chi connectivity index (χ4n) is 2.91. The molecular weight excluding hydrogens is 571 g/mol. The Labute approximate surface area is 213 Å². The van der Waals surface area contributed by atoms with Crippen LogP contribution in [-0.2, 0) is 0 Å². The summed E-state index contributed by atoms with van der Waals surface area (Å²) in [5.41, 5.74) is 6.59. The van der Waals surface area contributed by atoms with Gasteiger partial charge in [-0.25, -0.2) is 10.4 Å². The molecule has 33 heavy (non-hydrogen) atoms. The number of carbonyl (C=O) groups is 1. The zero-order valence-corrected chi connectivity index (χ0v) is 21.1. The van der Waals surface area contributed by atoms with E-state index >= 15 is 0 Å². The van der Waals surface area contributed by atoms with Crippen molar-refractivity contribution in [1.82, 2.24) is 10.4 Å². The number of amides is 1. The zero-order chi connectivity index (χ0) is 23.2. The van der Waals surface area contributed by atoms with Gasteiger partial charge in [-0.05, 0) is 82.8 Å². The number of hydrazone groups is 1. The molecule has 0 aliphatic heterocycles. The van der Waals surface area contributed by atoms with E-state index in [0.717, 1.165) is 37.0 Å². The molecule has 0 bridgehead atoms. The van der Waals surface area contributed by atoms with E-state index in [-0.39, 0.29) is 5.91 Å². The van der Waals surface area contributed by atoms with Gasteiger partial charge in [0.05, 0.1) is 22.6 Å². The van der Waals surface area contributed by atoms with Crippen LogP contribution in [0.4, 0.5) is 10.8 Å². The molecule has 0 spiro atoms. The molecule has 0 saturated heterocycles. The molecule has 3 aromatic carbocycles. The highest BCUT2D eigenvalue weighted by molar-refractivity contribution is 14.1. The first kappa shape index (κ1) is 23.2. The lowest BCUT2D eigenvalue weighted by Gasteiger charge is -2.04. The van der Waals surface area contributed by atoms with Gasteiger partial charge < -0.3 is 10.1 Å². The minimum absolute atomic E-state index is 0.288. The summed E-state index contributed by atoms with van der Waals surface area (Å²) in [7, 11) is 1.63. The first-order chi connectivity index (χ1) is 16.0. The predicted molar refractivity (Wildman–Crippen MR) is 143 cm³/mol. The van der Waals surface area contributed by atoms with Crippen molar-refractivity contribution in [2.45, 2.75) is 0 Å². The van der Waals surface area contributed by atoms with Crippen molar-refractivity contribution in [2.24, 2.45) is 5.10 Å². The number of nitrogens with one attached hydrogen (secondary N) is 2. The third-order valence-electron chi connectivity index (χ3n) is 4.60. The van der Waals surface area contributed by atoms with Crippen LogP contribution in [0.5, 0.6) is 5.75 Å². The maximum absolute atomic E-state index is 12.4. The molecule has 0 unspecified atom stereocenters. The third kappa shape index (κ3) is 6.10. The lowest BCUT2D eigenvalue weighted by atomic mass is 10.1. The molecule has 1 amide bonds. The van der Waals surface area contributed by atoms with Crippen molar-refractivity contribution in [1.29, 1.82) is 0 Å². The Morgan fingerprint density at radius 2 is 1.88 bits per heavy atom. The van der Waals surface area contributed by atoms with Gasteiger partial charge in [0.2, 0.25) is 0 Å². The number of thiazole rings is 1. The normalized spacial score (nSPS) is 10.9. The largest absolute Gasteiger partial charge is 0.496 e. The Hall–Kier alpha value is -2.95. The number of anilines is 2. The lowest BCUT2D eigenvalue weighted by molar-refractivity contribution is 0.0955. The van der Waals surface area contributed by atoms with Crippen LogP contribution in [0.2, 0.25) is 5.02 Å². The first-order valence-electron chi connectivity index (χ1n) is 9.77.